The second kappa shape index (κ2) is 4.41. The van der Waals surface area contributed by atoms with Gasteiger partial charge in [-0.1, -0.05) is 22.6 Å². The van der Waals surface area contributed by atoms with Crippen LogP contribution in [-0.4, -0.2) is 25.4 Å². The molecule has 0 aromatic heterocycles. The fourth-order valence-electron chi connectivity index (χ4n) is 1.05. The minimum atomic E-state index is -0.0604. The molecule has 0 nitrogen and oxygen atoms in total. The Labute approximate surface area is 100 Å². The second-order valence-corrected chi connectivity index (χ2v) is 6.17. The Morgan fingerprint density at radius 2 is 1.27 bits per heavy atom. The molecule has 0 aromatic carbocycles. The Morgan fingerprint density at radius 1 is 0.909 bits per heavy atom. The molecule has 1 rings (SSSR count). The van der Waals surface area contributed by atoms with Crippen molar-refractivity contribution in [3.63, 3.8) is 0 Å². The number of rotatable bonds is 0. The van der Waals surface area contributed by atoms with Crippen LogP contribution in [0, 0.1) is 0 Å². The lowest BCUT2D eigenvalue weighted by molar-refractivity contribution is 0.555. The largest absolute Gasteiger partial charge is 0.121 e. The summed E-state index contributed by atoms with van der Waals surface area (Å²) in [6, 6.07) is 0. The highest BCUT2D eigenvalue weighted by Crippen LogP contribution is 2.38. The zero-order valence-corrected chi connectivity index (χ0v) is 10.7. The van der Waals surface area contributed by atoms with E-state index in [1.807, 2.05) is 0 Å². The summed E-state index contributed by atoms with van der Waals surface area (Å²) < 4.78 is 0.162. The summed E-state index contributed by atoms with van der Waals surface area (Å²) in [6.45, 7) is 0. The van der Waals surface area contributed by atoms with Gasteiger partial charge in [-0.25, -0.2) is 0 Å². The molecule has 1 aliphatic rings. The lowest BCUT2D eigenvalue weighted by Crippen LogP contribution is -2.44. The van der Waals surface area contributed by atoms with Gasteiger partial charge in [0, 0.05) is 3.92 Å². The van der Waals surface area contributed by atoms with Crippen LogP contribution in [0.15, 0.2) is 0 Å². The molecule has 1 saturated carbocycles. The topological polar surface area (TPSA) is 0 Å². The first kappa shape index (κ1) is 11.0. The molecule has 0 bridgehead atoms. The molecule has 0 N–H and O–H groups in total. The Hall–Kier alpha value is 1.89. The molecule has 0 heterocycles. The van der Waals surface area contributed by atoms with Gasteiger partial charge in [-0.05, 0) is 6.42 Å². The van der Waals surface area contributed by atoms with Gasteiger partial charge >= 0.3 is 0 Å². The second-order valence-electron chi connectivity index (χ2n) is 2.60. The Kier molecular flexibility index (Phi) is 4.39. The highest BCUT2D eigenvalue weighted by atomic mass is 127. The van der Waals surface area contributed by atoms with Crippen LogP contribution in [0.2, 0.25) is 0 Å². The van der Waals surface area contributed by atoms with Gasteiger partial charge in [0.05, 0.1) is 21.5 Å². The summed E-state index contributed by atoms with van der Waals surface area (Å²) in [7, 11) is 0. The van der Waals surface area contributed by atoms with Gasteiger partial charge in [-0.2, -0.15) is 0 Å². The van der Waals surface area contributed by atoms with Crippen LogP contribution in [0.5, 0.6) is 0 Å². The van der Waals surface area contributed by atoms with Crippen LogP contribution in [0.3, 0.4) is 0 Å². The normalized spacial score (nSPS) is 52.6. The first-order valence-electron chi connectivity index (χ1n) is 3.24. The molecule has 66 valence electrons. The van der Waals surface area contributed by atoms with E-state index in [1.54, 1.807) is 0 Å². The van der Waals surface area contributed by atoms with Crippen molar-refractivity contribution in [1.29, 1.82) is 0 Å². The van der Waals surface area contributed by atoms with E-state index in [-0.39, 0.29) is 25.4 Å². The standard InChI is InChI=1S/C6H7Cl4I/c7-2-1-3(8)5(10)6(11)4(2)9/h2-6H,1H2. The maximum Gasteiger partial charge on any atom is 0.0632 e. The van der Waals surface area contributed by atoms with Crippen molar-refractivity contribution < 1.29 is 0 Å². The van der Waals surface area contributed by atoms with Crippen molar-refractivity contribution in [2.75, 3.05) is 0 Å². The summed E-state index contributed by atoms with van der Waals surface area (Å²) in [5.74, 6) is 0. The van der Waals surface area contributed by atoms with E-state index in [0.29, 0.717) is 6.42 Å². The molecule has 4 atom stereocenters. The predicted molar refractivity (Wildman–Crippen MR) is 61.0 cm³/mol. The average Bonchev–Trinajstić information content (AvgIpc) is 1.97. The summed E-state index contributed by atoms with van der Waals surface area (Å²) >= 11 is 26.1. The van der Waals surface area contributed by atoms with E-state index in [9.17, 15) is 0 Å². The van der Waals surface area contributed by atoms with Crippen molar-refractivity contribution in [2.45, 2.75) is 31.9 Å². The molecule has 4 unspecified atom stereocenters. The van der Waals surface area contributed by atoms with E-state index in [1.165, 1.54) is 0 Å². The molecule has 5 heteroatoms. The minimum absolute atomic E-state index is 0.0453. The smallest absolute Gasteiger partial charge is 0.0632 e. The van der Waals surface area contributed by atoms with Gasteiger partial charge in [0.1, 0.15) is 0 Å². The quantitative estimate of drug-likeness (QED) is 0.464. The van der Waals surface area contributed by atoms with Crippen LogP contribution in [0.25, 0.3) is 0 Å². The first-order chi connectivity index (χ1) is 5.04. The van der Waals surface area contributed by atoms with Gasteiger partial charge in [-0.15, -0.1) is 46.4 Å². The van der Waals surface area contributed by atoms with Crippen molar-refractivity contribution in [3.05, 3.63) is 0 Å². The lowest BCUT2D eigenvalue weighted by atomic mass is 9.98. The van der Waals surface area contributed by atoms with Gasteiger partial charge in [0.15, 0.2) is 0 Å². The molecule has 0 radical (unpaired) electrons. The molecular formula is C6H7Cl4I. The average molecular weight is 348 g/mol. The summed E-state index contributed by atoms with van der Waals surface area (Å²) in [4.78, 5) is 0. The molecule has 0 aliphatic heterocycles. The molecule has 0 saturated heterocycles. The van der Waals surface area contributed by atoms with Crippen LogP contribution in [0.1, 0.15) is 6.42 Å². The van der Waals surface area contributed by atoms with Crippen molar-refractivity contribution in [2.24, 2.45) is 0 Å². The minimum Gasteiger partial charge on any atom is -0.121 e. The van der Waals surface area contributed by atoms with Crippen LogP contribution < -0.4 is 0 Å². The Balaban J connectivity index is 2.63. The SMILES string of the molecule is ClC1CC(Cl)C(Cl)C(I)C1Cl. The zero-order valence-electron chi connectivity index (χ0n) is 5.48. The third-order valence-electron chi connectivity index (χ3n) is 1.75. The highest BCUT2D eigenvalue weighted by Gasteiger charge is 2.40. The van der Waals surface area contributed by atoms with Crippen LogP contribution >= 0.6 is 69.0 Å². The van der Waals surface area contributed by atoms with Crippen LogP contribution in [0.4, 0.5) is 0 Å². The van der Waals surface area contributed by atoms with Crippen LogP contribution in [-0.2, 0) is 0 Å². The van der Waals surface area contributed by atoms with E-state index >= 15 is 0 Å². The molecule has 0 spiro atoms. The fraction of sp³-hybridized carbons (Fsp3) is 1.00. The number of halogens is 5. The molecule has 1 fully saturated rings. The van der Waals surface area contributed by atoms with Gasteiger partial charge in [0.25, 0.3) is 0 Å². The predicted octanol–water partition coefficient (Wildman–Crippen LogP) is 3.62. The molecule has 1 aliphatic carbocycles. The fourth-order valence-corrected chi connectivity index (χ4v) is 3.93. The van der Waals surface area contributed by atoms with E-state index < -0.39 is 0 Å². The van der Waals surface area contributed by atoms with E-state index in [2.05, 4.69) is 22.6 Å². The van der Waals surface area contributed by atoms with Crippen molar-refractivity contribution >= 4 is 69.0 Å². The lowest BCUT2D eigenvalue weighted by Gasteiger charge is -2.34. The number of hydrogen-bond acceptors (Lipinski definition) is 0. The van der Waals surface area contributed by atoms with E-state index in [0.717, 1.165) is 0 Å². The van der Waals surface area contributed by atoms with Crippen molar-refractivity contribution in [3.8, 4) is 0 Å². The van der Waals surface area contributed by atoms with Crippen molar-refractivity contribution in [1.82, 2.24) is 0 Å². The Morgan fingerprint density at radius 3 is 1.64 bits per heavy atom. The third kappa shape index (κ3) is 2.43. The monoisotopic (exact) mass is 346 g/mol. The van der Waals surface area contributed by atoms with Gasteiger partial charge in [0.2, 0.25) is 0 Å². The van der Waals surface area contributed by atoms with E-state index in [4.69, 9.17) is 46.4 Å². The maximum atomic E-state index is 6.00. The first-order valence-corrected chi connectivity index (χ1v) is 6.23. The van der Waals surface area contributed by atoms with Gasteiger partial charge in [-0.3, -0.25) is 0 Å². The summed E-state index contributed by atoms with van der Waals surface area (Å²) in [5, 5.41) is -0.211. The molecule has 0 amide bonds. The summed E-state index contributed by atoms with van der Waals surface area (Å²) in [5.41, 5.74) is 0. The number of alkyl halides is 5. The molecule has 11 heavy (non-hydrogen) atoms. The third-order valence-corrected chi connectivity index (χ3v) is 6.46. The molecular weight excluding hydrogens is 341 g/mol. The van der Waals surface area contributed by atoms with Gasteiger partial charge < -0.3 is 0 Å². The number of hydrogen-bond donors (Lipinski definition) is 0. The summed E-state index contributed by atoms with van der Waals surface area (Å²) in [6.07, 6.45) is 0.699. The highest BCUT2D eigenvalue weighted by molar-refractivity contribution is 14.1. The zero-order chi connectivity index (χ0) is 8.59. The maximum absolute atomic E-state index is 6.00. The molecule has 0 aromatic rings. The Bertz CT molecular complexity index is 129.